The number of fused-ring (bicyclic) bond motifs is 1. The Morgan fingerprint density at radius 2 is 1.71 bits per heavy atom. The Morgan fingerprint density at radius 1 is 0.964 bits per heavy atom. The van der Waals surface area contributed by atoms with Crippen LogP contribution in [-0.2, 0) is 23.8 Å². The number of Topliss-reactive ketones (excluding diaryl/α,β-unsaturated/α-hetero) is 1. The largest absolute Gasteiger partial charge is 0.458 e. The van der Waals surface area contributed by atoms with Gasteiger partial charge in [0.2, 0.25) is 0 Å². The maximum Gasteiger partial charge on any atom is 0.312 e. The van der Waals surface area contributed by atoms with Crippen LogP contribution in [0.15, 0.2) is 0 Å². The predicted molar refractivity (Wildman–Crippen MR) is 102 cm³/mol. The lowest BCUT2D eigenvalue weighted by Crippen LogP contribution is -2.65. The van der Waals surface area contributed by atoms with Crippen LogP contribution in [0.2, 0.25) is 0 Å². The first kappa shape index (κ1) is 19.0. The monoisotopic (exact) mass is 390 g/mol. The van der Waals surface area contributed by atoms with E-state index in [1.807, 2.05) is 20.8 Å². The van der Waals surface area contributed by atoms with E-state index in [9.17, 15) is 9.59 Å². The summed E-state index contributed by atoms with van der Waals surface area (Å²) in [6.07, 6.45) is 5.96. The van der Waals surface area contributed by atoms with Crippen molar-refractivity contribution in [3.05, 3.63) is 0 Å². The molecule has 7 atom stereocenters. The molecule has 0 amide bonds. The zero-order valence-electron chi connectivity index (χ0n) is 17.9. The molecule has 0 aromatic carbocycles. The number of hydrogen-bond donors (Lipinski definition) is 0. The van der Waals surface area contributed by atoms with Crippen LogP contribution in [0.25, 0.3) is 0 Å². The van der Waals surface area contributed by atoms with Gasteiger partial charge in [-0.2, -0.15) is 0 Å². The van der Waals surface area contributed by atoms with Gasteiger partial charge in [0.15, 0.2) is 5.79 Å². The minimum absolute atomic E-state index is 0.0119. The summed E-state index contributed by atoms with van der Waals surface area (Å²) < 4.78 is 18.3. The van der Waals surface area contributed by atoms with Crippen LogP contribution in [-0.4, -0.2) is 35.9 Å². The highest BCUT2D eigenvalue weighted by Crippen LogP contribution is 2.71. The summed E-state index contributed by atoms with van der Waals surface area (Å²) in [6, 6.07) is 0. The van der Waals surface area contributed by atoms with Crippen molar-refractivity contribution >= 4 is 11.8 Å². The fourth-order valence-electron chi connectivity index (χ4n) is 7.58. The van der Waals surface area contributed by atoms with E-state index in [0.29, 0.717) is 18.8 Å². The van der Waals surface area contributed by atoms with Gasteiger partial charge in [-0.25, -0.2) is 0 Å². The third-order valence-corrected chi connectivity index (χ3v) is 9.52. The van der Waals surface area contributed by atoms with E-state index in [4.69, 9.17) is 14.2 Å². The highest BCUT2D eigenvalue weighted by atomic mass is 16.7. The van der Waals surface area contributed by atoms with Crippen molar-refractivity contribution in [3.63, 3.8) is 0 Å². The molecule has 5 nitrogen and oxygen atoms in total. The van der Waals surface area contributed by atoms with Gasteiger partial charge in [-0.1, -0.05) is 13.8 Å². The molecule has 28 heavy (non-hydrogen) atoms. The smallest absolute Gasteiger partial charge is 0.312 e. The highest BCUT2D eigenvalue weighted by Gasteiger charge is 2.75. The molecule has 0 N–H and O–H groups in total. The number of carbonyl (C=O) groups is 2. The van der Waals surface area contributed by atoms with E-state index >= 15 is 0 Å². The van der Waals surface area contributed by atoms with E-state index in [-0.39, 0.29) is 34.7 Å². The van der Waals surface area contributed by atoms with Crippen LogP contribution in [0.5, 0.6) is 0 Å². The average Bonchev–Trinajstić information content (AvgIpc) is 3.03. The zero-order valence-corrected chi connectivity index (χ0v) is 17.9. The van der Waals surface area contributed by atoms with E-state index in [2.05, 4.69) is 13.8 Å². The van der Waals surface area contributed by atoms with Gasteiger partial charge in [0.1, 0.15) is 11.4 Å². The molecule has 7 unspecified atom stereocenters. The first-order valence-electron chi connectivity index (χ1n) is 11.0. The third-order valence-electron chi connectivity index (χ3n) is 9.52. The van der Waals surface area contributed by atoms with E-state index in [1.165, 1.54) is 0 Å². The summed E-state index contributed by atoms with van der Waals surface area (Å²) in [5.41, 5.74) is -1.29. The third kappa shape index (κ3) is 2.15. The van der Waals surface area contributed by atoms with Gasteiger partial charge in [0.25, 0.3) is 0 Å². The summed E-state index contributed by atoms with van der Waals surface area (Å²) in [4.78, 5) is 26.3. The molecule has 3 saturated carbocycles. The number of ether oxygens (including phenoxy) is 3. The normalized spacial score (nSPS) is 54.8. The van der Waals surface area contributed by atoms with Gasteiger partial charge in [-0.05, 0) is 64.7 Å². The lowest BCUT2D eigenvalue weighted by atomic mass is 9.42. The van der Waals surface area contributed by atoms with Crippen LogP contribution in [0.1, 0.15) is 79.6 Å². The summed E-state index contributed by atoms with van der Waals surface area (Å²) in [5, 5.41) is 0. The van der Waals surface area contributed by atoms with Crippen molar-refractivity contribution in [2.24, 2.45) is 28.1 Å². The first-order valence-corrected chi connectivity index (χ1v) is 11.0. The SMILES string of the molecule is CC1(C)OCC(C2(C)CCC3(C)C(C2)C(=O)CC2C4(C)CCCC23OC4=O)O1. The van der Waals surface area contributed by atoms with E-state index in [1.54, 1.807) is 0 Å². The minimum Gasteiger partial charge on any atom is -0.458 e. The molecule has 2 aliphatic heterocycles. The highest BCUT2D eigenvalue weighted by molar-refractivity contribution is 5.89. The van der Waals surface area contributed by atoms with Gasteiger partial charge in [-0.3, -0.25) is 9.59 Å². The van der Waals surface area contributed by atoms with Crippen molar-refractivity contribution in [3.8, 4) is 0 Å². The summed E-state index contributed by atoms with van der Waals surface area (Å²) in [7, 11) is 0. The summed E-state index contributed by atoms with van der Waals surface area (Å²) in [5.74, 6) is -0.306. The molecule has 0 aromatic rings. The molecule has 0 radical (unpaired) electrons. The van der Waals surface area contributed by atoms with Crippen molar-refractivity contribution in [1.29, 1.82) is 0 Å². The number of esters is 1. The van der Waals surface area contributed by atoms with Gasteiger partial charge >= 0.3 is 5.97 Å². The lowest BCUT2D eigenvalue weighted by Gasteiger charge is -2.62. The van der Waals surface area contributed by atoms with Gasteiger partial charge < -0.3 is 14.2 Å². The quantitative estimate of drug-likeness (QED) is 0.633. The summed E-state index contributed by atoms with van der Waals surface area (Å²) in [6.45, 7) is 11.0. The molecule has 0 spiro atoms. The molecule has 2 saturated heterocycles. The van der Waals surface area contributed by atoms with Crippen molar-refractivity contribution in [2.75, 3.05) is 6.61 Å². The van der Waals surface area contributed by atoms with Crippen molar-refractivity contribution in [2.45, 2.75) is 97.1 Å². The van der Waals surface area contributed by atoms with Crippen LogP contribution < -0.4 is 0 Å². The second-order valence-corrected chi connectivity index (χ2v) is 11.4. The average molecular weight is 391 g/mol. The molecular weight excluding hydrogens is 356 g/mol. The van der Waals surface area contributed by atoms with Gasteiger partial charge in [-0.15, -0.1) is 0 Å². The van der Waals surface area contributed by atoms with Crippen LogP contribution in [0.3, 0.4) is 0 Å². The Hall–Kier alpha value is -0.940. The Labute approximate surface area is 167 Å². The summed E-state index contributed by atoms with van der Waals surface area (Å²) >= 11 is 0. The molecule has 2 bridgehead atoms. The fourth-order valence-corrected chi connectivity index (χ4v) is 7.58. The second kappa shape index (κ2) is 5.40. The topological polar surface area (TPSA) is 61.8 Å². The molecule has 0 aromatic heterocycles. The lowest BCUT2D eigenvalue weighted by molar-refractivity contribution is -0.214. The van der Waals surface area contributed by atoms with Gasteiger partial charge in [0.05, 0.1) is 18.1 Å². The molecule has 5 fully saturated rings. The second-order valence-electron chi connectivity index (χ2n) is 11.4. The standard InChI is InChI=1S/C23H34O5/c1-19(2)26-13-17(27-19)20(3)9-10-22(5)14(12-20)15(24)11-16-21(4)7-6-8-23(16,22)28-18(21)25/h14,16-17H,6-13H2,1-5H3. The fraction of sp³-hybridized carbons (Fsp3) is 0.913. The van der Waals surface area contributed by atoms with Crippen LogP contribution in [0, 0.1) is 28.1 Å². The maximum atomic E-state index is 13.4. The van der Waals surface area contributed by atoms with Crippen molar-refractivity contribution < 1.29 is 23.8 Å². The van der Waals surface area contributed by atoms with Crippen molar-refractivity contribution in [1.82, 2.24) is 0 Å². The van der Waals surface area contributed by atoms with Gasteiger partial charge in [0, 0.05) is 23.7 Å². The van der Waals surface area contributed by atoms with E-state index < -0.39 is 16.8 Å². The Morgan fingerprint density at radius 3 is 2.39 bits per heavy atom. The molecular formula is C23H34O5. The first-order chi connectivity index (χ1) is 13.0. The minimum atomic E-state index is -0.555. The van der Waals surface area contributed by atoms with Crippen LogP contribution >= 0.6 is 0 Å². The Bertz CT molecular complexity index is 745. The maximum absolute atomic E-state index is 13.4. The molecule has 2 heterocycles. The number of rotatable bonds is 1. The Kier molecular flexibility index (Phi) is 3.67. The molecule has 5 rings (SSSR count). The van der Waals surface area contributed by atoms with E-state index in [0.717, 1.165) is 38.5 Å². The number of hydrogen-bond acceptors (Lipinski definition) is 5. The number of carbonyl (C=O) groups excluding carboxylic acids is 2. The molecule has 3 aliphatic carbocycles. The molecule has 156 valence electrons. The number of ketones is 1. The Balaban J connectivity index is 1.50. The predicted octanol–water partition coefficient (Wildman–Crippen LogP) is 4.03. The zero-order chi connectivity index (χ0) is 20.2. The molecule has 5 heteroatoms. The molecule has 5 aliphatic rings. The van der Waals surface area contributed by atoms with Crippen LogP contribution in [0.4, 0.5) is 0 Å².